The highest BCUT2D eigenvalue weighted by molar-refractivity contribution is 6.40. The number of likely N-dealkylation sites (tertiary alicyclic amines) is 1. The van der Waals surface area contributed by atoms with Crippen LogP contribution in [-0.2, 0) is 14.4 Å². The molecule has 4 aliphatic rings. The summed E-state index contributed by atoms with van der Waals surface area (Å²) in [6.45, 7) is 1.76. The summed E-state index contributed by atoms with van der Waals surface area (Å²) in [5.41, 5.74) is 1.37. The Bertz CT molecular complexity index is 1950. The zero-order valence-corrected chi connectivity index (χ0v) is 27.8. The molecule has 0 bridgehead atoms. The molecular formula is C33H30Cl2N8O7. The van der Waals surface area contributed by atoms with E-state index < -0.39 is 41.5 Å². The van der Waals surface area contributed by atoms with Crippen LogP contribution in [0.5, 0.6) is 0 Å². The van der Waals surface area contributed by atoms with E-state index in [1.165, 1.54) is 18.3 Å². The molecule has 7 rings (SSSR count). The van der Waals surface area contributed by atoms with Gasteiger partial charge in [0, 0.05) is 44.3 Å². The second-order valence-electron chi connectivity index (χ2n) is 12.6. The second-order valence-corrected chi connectivity index (χ2v) is 13.4. The fourth-order valence-electron chi connectivity index (χ4n) is 6.71. The van der Waals surface area contributed by atoms with Crippen LogP contribution in [0.4, 0.5) is 11.4 Å². The molecule has 3 saturated heterocycles. The predicted octanol–water partition coefficient (Wildman–Crippen LogP) is 2.23. The Hall–Kier alpha value is -5.28. The number of amides is 7. The average molecular weight is 722 g/mol. The predicted molar refractivity (Wildman–Crippen MR) is 179 cm³/mol. The van der Waals surface area contributed by atoms with Gasteiger partial charge in [-0.05, 0) is 49.6 Å². The number of hydrogen-bond acceptors (Lipinski definition) is 9. The molecule has 4 aliphatic heterocycles. The number of piperidine rings is 2. The fraction of sp³-hybridized carbons (Fsp3) is 0.333. The van der Waals surface area contributed by atoms with Crippen LogP contribution in [0, 0.1) is 5.92 Å². The summed E-state index contributed by atoms with van der Waals surface area (Å²) in [5.74, 6) is -3.56. The third kappa shape index (κ3) is 6.07. The molecule has 0 saturated carbocycles. The zero-order chi connectivity index (χ0) is 35.3. The number of carbonyl (C=O) groups excluding carboxylic acids is 7. The Morgan fingerprint density at radius 3 is 2.28 bits per heavy atom. The number of anilines is 2. The number of fused-ring (bicyclic) bond motifs is 1. The third-order valence-corrected chi connectivity index (χ3v) is 10.1. The average Bonchev–Trinajstić information content (AvgIpc) is 3.62. The number of hydrogen-bond donors (Lipinski definition) is 4. The quantitative estimate of drug-likeness (QED) is 0.265. The van der Waals surface area contributed by atoms with Gasteiger partial charge >= 0.3 is 0 Å². The molecule has 2 aromatic carbocycles. The largest absolute Gasteiger partial charge is 0.370 e. The summed E-state index contributed by atoms with van der Waals surface area (Å²) in [6, 6.07) is 8.32. The fourth-order valence-corrected chi connectivity index (χ4v) is 7.28. The van der Waals surface area contributed by atoms with Crippen molar-refractivity contribution in [2.24, 2.45) is 5.92 Å². The van der Waals surface area contributed by atoms with Crippen molar-refractivity contribution in [2.75, 3.05) is 36.4 Å². The smallest absolute Gasteiger partial charge is 0.271 e. The lowest BCUT2D eigenvalue weighted by molar-refractivity contribution is -0.138. The van der Waals surface area contributed by atoms with Crippen molar-refractivity contribution >= 4 is 75.9 Å². The molecule has 15 nitrogen and oxygen atoms in total. The number of aromatic amines is 1. The first-order valence-corrected chi connectivity index (χ1v) is 16.7. The first-order valence-electron chi connectivity index (χ1n) is 16.0. The number of nitrogens with zero attached hydrogens (tertiary/aromatic N) is 4. The molecule has 0 spiro atoms. The summed E-state index contributed by atoms with van der Waals surface area (Å²) < 4.78 is 0. The van der Waals surface area contributed by atoms with Crippen LogP contribution in [0.3, 0.4) is 0 Å². The van der Waals surface area contributed by atoms with Crippen LogP contribution in [0.15, 0.2) is 42.6 Å². The highest BCUT2D eigenvalue weighted by Gasteiger charge is 2.45. The van der Waals surface area contributed by atoms with E-state index >= 15 is 0 Å². The van der Waals surface area contributed by atoms with Crippen molar-refractivity contribution in [2.45, 2.75) is 37.8 Å². The van der Waals surface area contributed by atoms with Gasteiger partial charge in [0.15, 0.2) is 0 Å². The molecule has 7 amide bonds. The van der Waals surface area contributed by atoms with E-state index in [0.717, 1.165) is 4.90 Å². The Morgan fingerprint density at radius 2 is 1.58 bits per heavy atom. The van der Waals surface area contributed by atoms with Crippen LogP contribution in [0.2, 0.25) is 10.0 Å². The van der Waals surface area contributed by atoms with Gasteiger partial charge in [-0.1, -0.05) is 29.3 Å². The van der Waals surface area contributed by atoms with E-state index in [9.17, 15) is 33.6 Å². The molecular weight excluding hydrogens is 691 g/mol. The maximum Gasteiger partial charge on any atom is 0.271 e. The number of halogens is 2. The molecule has 4 N–H and O–H groups in total. The monoisotopic (exact) mass is 720 g/mol. The third-order valence-electron chi connectivity index (χ3n) is 9.47. The summed E-state index contributed by atoms with van der Waals surface area (Å²) >= 11 is 12.3. The highest BCUT2D eigenvalue weighted by Crippen LogP contribution is 2.34. The van der Waals surface area contributed by atoms with Crippen molar-refractivity contribution < 1.29 is 33.6 Å². The van der Waals surface area contributed by atoms with Crippen molar-refractivity contribution in [3.05, 3.63) is 75.0 Å². The van der Waals surface area contributed by atoms with Crippen LogP contribution in [0.1, 0.15) is 67.2 Å². The number of nitrogens with one attached hydrogen (secondary N) is 4. The van der Waals surface area contributed by atoms with Gasteiger partial charge in [-0.2, -0.15) is 5.10 Å². The number of carbonyl (C=O) groups is 7. The minimum atomic E-state index is -1.04. The zero-order valence-electron chi connectivity index (χ0n) is 26.3. The van der Waals surface area contributed by atoms with Crippen molar-refractivity contribution in [3.8, 4) is 0 Å². The van der Waals surface area contributed by atoms with E-state index in [2.05, 4.69) is 26.1 Å². The molecule has 258 valence electrons. The maximum atomic E-state index is 13.3. The normalized spacial score (nSPS) is 19.6. The van der Waals surface area contributed by atoms with Gasteiger partial charge in [-0.3, -0.25) is 48.9 Å². The highest BCUT2D eigenvalue weighted by atomic mass is 35.5. The summed E-state index contributed by atoms with van der Waals surface area (Å²) in [4.78, 5) is 94.0. The van der Waals surface area contributed by atoms with Crippen LogP contribution in [0.25, 0.3) is 0 Å². The van der Waals surface area contributed by atoms with Crippen molar-refractivity contribution in [1.29, 1.82) is 0 Å². The molecule has 1 unspecified atom stereocenters. The van der Waals surface area contributed by atoms with E-state index in [4.69, 9.17) is 23.2 Å². The van der Waals surface area contributed by atoms with Crippen molar-refractivity contribution in [3.63, 3.8) is 0 Å². The molecule has 50 heavy (non-hydrogen) atoms. The minimum Gasteiger partial charge on any atom is -0.370 e. The minimum absolute atomic E-state index is 0.000672. The Labute approximate surface area is 294 Å². The number of imide groups is 2. The number of H-pyrrole nitrogens is 1. The lowest BCUT2D eigenvalue weighted by atomic mass is 9.95. The molecule has 1 atom stereocenters. The van der Waals surface area contributed by atoms with Gasteiger partial charge in [0.2, 0.25) is 17.7 Å². The second kappa shape index (κ2) is 13.2. The Kier molecular flexibility index (Phi) is 8.78. The summed E-state index contributed by atoms with van der Waals surface area (Å²) in [6.07, 6.45) is 2.50. The van der Waals surface area contributed by atoms with Crippen LogP contribution < -0.4 is 20.9 Å². The first-order chi connectivity index (χ1) is 24.0. The summed E-state index contributed by atoms with van der Waals surface area (Å²) in [7, 11) is 0. The van der Waals surface area contributed by atoms with Gasteiger partial charge < -0.3 is 20.4 Å². The lowest BCUT2D eigenvalue weighted by Crippen LogP contribution is -2.56. The molecule has 17 heteroatoms. The molecule has 3 aromatic rings. The standard InChI is InChI=1S/C33H30Cl2N8O7/c34-21-2-1-3-22(35)26(21)29(46)38-23-13-36-40-27(23)30(47)37-17-8-10-41(11-9-17)31(48)16-14-42(15-16)18-4-5-19-20(12-18)33(50)43(32(19)49)24-6-7-25(44)39-28(24)45/h1-5,12-13,16-17,24H,6-11,14-15H2,(H,36,40)(H,37,47)(H,38,46)(H,39,44,45). The molecule has 5 heterocycles. The van der Waals surface area contributed by atoms with Crippen molar-refractivity contribution in [1.82, 2.24) is 30.6 Å². The van der Waals surface area contributed by atoms with Gasteiger partial charge in [0.25, 0.3) is 23.6 Å². The van der Waals surface area contributed by atoms with Crippen LogP contribution in [-0.4, -0.2) is 99.6 Å². The first kappa shape index (κ1) is 33.2. The Morgan fingerprint density at radius 1 is 0.880 bits per heavy atom. The van der Waals surface area contributed by atoms with Crippen LogP contribution >= 0.6 is 23.2 Å². The molecule has 3 fully saturated rings. The van der Waals surface area contributed by atoms with E-state index in [0.29, 0.717) is 44.7 Å². The number of rotatable bonds is 7. The van der Waals surface area contributed by atoms with E-state index in [1.807, 2.05) is 4.90 Å². The van der Waals surface area contributed by atoms with Gasteiger partial charge in [-0.25, -0.2) is 0 Å². The maximum absolute atomic E-state index is 13.3. The lowest BCUT2D eigenvalue weighted by Gasteiger charge is -2.43. The molecule has 1 aromatic heterocycles. The topological polar surface area (TPSA) is 194 Å². The summed E-state index contributed by atoms with van der Waals surface area (Å²) in [5, 5.41) is 14.6. The van der Waals surface area contributed by atoms with Gasteiger partial charge in [0.05, 0.1) is 44.5 Å². The van der Waals surface area contributed by atoms with E-state index in [1.54, 1.807) is 29.2 Å². The number of benzene rings is 2. The molecule has 0 radical (unpaired) electrons. The SMILES string of the molecule is O=C1CCC(N2C(=O)c3ccc(N4CC(C(=O)N5CCC(NC(=O)c6[nH]ncc6NC(=O)c6c(Cl)cccc6Cl)CC5)C4)cc3C2=O)C(=O)N1. The molecule has 0 aliphatic carbocycles. The Balaban J connectivity index is 0.897. The van der Waals surface area contributed by atoms with E-state index in [-0.39, 0.29) is 68.8 Å². The van der Waals surface area contributed by atoms with Gasteiger partial charge in [-0.15, -0.1) is 0 Å². The van der Waals surface area contributed by atoms with Gasteiger partial charge in [0.1, 0.15) is 11.7 Å². The number of aromatic nitrogens is 2.